The molecule has 10 nitrogen and oxygen atoms in total. The van der Waals surface area contributed by atoms with Gasteiger partial charge in [0.2, 0.25) is 5.91 Å². The minimum atomic E-state index is -0.565. The van der Waals surface area contributed by atoms with Crippen molar-refractivity contribution in [2.75, 3.05) is 24.4 Å². The molecule has 38 heavy (non-hydrogen) atoms. The van der Waals surface area contributed by atoms with Gasteiger partial charge in [-0.15, -0.1) is 0 Å². The Balaban J connectivity index is 1.22. The van der Waals surface area contributed by atoms with E-state index < -0.39 is 6.10 Å². The van der Waals surface area contributed by atoms with Gasteiger partial charge in [-0.1, -0.05) is 6.07 Å². The van der Waals surface area contributed by atoms with E-state index in [0.29, 0.717) is 35.8 Å². The molecular weight excluding hydrogens is 488 g/mol. The van der Waals surface area contributed by atoms with Crippen LogP contribution in [0.15, 0.2) is 66.9 Å². The largest absolute Gasteiger partial charge is 0.497 e. The van der Waals surface area contributed by atoms with E-state index in [1.54, 1.807) is 49.7 Å². The van der Waals surface area contributed by atoms with Crippen LogP contribution < -0.4 is 25.4 Å². The molecule has 0 spiro atoms. The number of pyridine rings is 1. The number of fused-ring (bicyclic) bond motifs is 3. The number of benzene rings is 2. The van der Waals surface area contributed by atoms with Gasteiger partial charge in [-0.3, -0.25) is 9.78 Å². The smallest absolute Gasteiger partial charge is 0.323 e. The molecule has 0 saturated carbocycles. The Morgan fingerprint density at radius 1 is 1.08 bits per heavy atom. The fourth-order valence-electron chi connectivity index (χ4n) is 4.91. The fourth-order valence-corrected chi connectivity index (χ4v) is 4.91. The van der Waals surface area contributed by atoms with Crippen molar-refractivity contribution in [1.82, 2.24) is 10.3 Å². The average molecular weight is 519 g/mol. The molecule has 2 aliphatic heterocycles. The Labute approximate surface area is 220 Å². The number of methoxy groups -OCH3 is 1. The minimum absolute atomic E-state index is 0.0871. The highest BCUT2D eigenvalue weighted by Gasteiger charge is 2.46. The first-order valence-corrected chi connectivity index (χ1v) is 12.5. The first-order chi connectivity index (χ1) is 18.5. The molecule has 2 aromatic carbocycles. The molecule has 3 aromatic rings. The van der Waals surface area contributed by atoms with Crippen molar-refractivity contribution in [1.29, 1.82) is 0 Å². The Hall–Kier alpha value is -4.15. The third kappa shape index (κ3) is 5.87. The number of hydrogen-bond acceptors (Lipinski definition) is 7. The molecule has 0 bridgehead atoms. The Bertz CT molecular complexity index is 1270. The number of nitrogens with zero attached hydrogens (tertiary/aromatic N) is 1. The average Bonchev–Trinajstić information content (AvgIpc) is 3.30. The van der Waals surface area contributed by atoms with Gasteiger partial charge in [0.25, 0.3) is 0 Å². The zero-order chi connectivity index (χ0) is 26.5. The van der Waals surface area contributed by atoms with Crippen molar-refractivity contribution in [3.63, 3.8) is 0 Å². The van der Waals surface area contributed by atoms with Crippen molar-refractivity contribution in [3.05, 3.63) is 78.1 Å². The summed E-state index contributed by atoms with van der Waals surface area (Å²) in [5.74, 6) is 1.14. The number of carbonyl (C=O) groups excluding carboxylic acids is 2. The monoisotopic (exact) mass is 518 g/mol. The van der Waals surface area contributed by atoms with Gasteiger partial charge in [0.1, 0.15) is 23.7 Å². The molecule has 0 aliphatic carbocycles. The van der Waals surface area contributed by atoms with Crippen LogP contribution in [-0.2, 0) is 16.1 Å². The quantitative estimate of drug-likeness (QED) is 0.359. The summed E-state index contributed by atoms with van der Waals surface area (Å²) in [7, 11) is 1.58. The van der Waals surface area contributed by atoms with E-state index in [0.717, 1.165) is 11.3 Å². The topological polar surface area (TPSA) is 131 Å². The number of aliphatic hydroxyl groups is 1. The summed E-state index contributed by atoms with van der Waals surface area (Å²) in [6, 6.07) is 17.6. The molecule has 198 valence electrons. The van der Waals surface area contributed by atoms with Gasteiger partial charge in [-0.05, 0) is 61.0 Å². The summed E-state index contributed by atoms with van der Waals surface area (Å²) in [5, 5.41) is 18.5. The Morgan fingerprint density at radius 3 is 2.61 bits per heavy atom. The molecule has 1 aromatic heterocycles. The second kappa shape index (κ2) is 11.5. The number of aliphatic hydroxyl groups excluding tert-OH is 1. The van der Waals surface area contributed by atoms with Gasteiger partial charge < -0.3 is 35.3 Å². The fraction of sp³-hybridized carbons (Fsp3) is 0.321. The van der Waals surface area contributed by atoms with Gasteiger partial charge in [0, 0.05) is 29.1 Å². The summed E-state index contributed by atoms with van der Waals surface area (Å²) in [6.07, 6.45) is 1.06. The maximum atomic E-state index is 12.6. The van der Waals surface area contributed by atoms with E-state index in [2.05, 4.69) is 20.9 Å². The summed E-state index contributed by atoms with van der Waals surface area (Å²) in [5.41, 5.74) is 2.92. The molecule has 1 saturated heterocycles. The molecule has 3 heterocycles. The van der Waals surface area contributed by atoms with E-state index >= 15 is 0 Å². The highest BCUT2D eigenvalue weighted by molar-refractivity contribution is 5.99. The van der Waals surface area contributed by atoms with Gasteiger partial charge in [0.15, 0.2) is 0 Å². The first kappa shape index (κ1) is 25.5. The predicted octanol–water partition coefficient (Wildman–Crippen LogP) is 3.44. The molecule has 3 amide bonds. The third-order valence-electron chi connectivity index (χ3n) is 6.71. The lowest BCUT2D eigenvalue weighted by molar-refractivity contribution is -0.142. The van der Waals surface area contributed by atoms with Crippen LogP contribution in [0.25, 0.3) is 0 Å². The normalized spacial score (nSPS) is 21.4. The zero-order valence-corrected chi connectivity index (χ0v) is 20.9. The maximum Gasteiger partial charge on any atom is 0.323 e. The molecule has 4 N–H and O–H groups in total. The van der Waals surface area contributed by atoms with Gasteiger partial charge in [-0.2, -0.15) is 0 Å². The zero-order valence-electron chi connectivity index (χ0n) is 20.9. The molecule has 2 aliphatic rings. The minimum Gasteiger partial charge on any atom is -0.497 e. The molecule has 4 atom stereocenters. The highest BCUT2D eigenvalue weighted by atomic mass is 16.6. The summed E-state index contributed by atoms with van der Waals surface area (Å²) >= 11 is 0. The van der Waals surface area contributed by atoms with Crippen molar-refractivity contribution < 1.29 is 28.9 Å². The van der Waals surface area contributed by atoms with E-state index in [9.17, 15) is 14.7 Å². The lowest BCUT2D eigenvalue weighted by atomic mass is 9.84. The van der Waals surface area contributed by atoms with Crippen LogP contribution in [0.2, 0.25) is 0 Å². The first-order valence-electron chi connectivity index (χ1n) is 12.5. The molecule has 5 rings (SSSR count). The van der Waals surface area contributed by atoms with Crippen LogP contribution in [0.1, 0.15) is 30.0 Å². The number of ether oxygens (including phenoxy) is 3. The SMILES string of the molecule is COc1ccc(NC(=O)Nc2ccc3c(c2)[C@@H]2C[C@H](CC(=O)NCc4ccccn4)O[C@@H](CO)[C@@H]2O3)cc1. The van der Waals surface area contributed by atoms with E-state index in [4.69, 9.17) is 14.2 Å². The highest BCUT2D eigenvalue weighted by Crippen LogP contribution is 2.47. The lowest BCUT2D eigenvalue weighted by Crippen LogP contribution is -2.47. The van der Waals surface area contributed by atoms with E-state index in [-0.39, 0.29) is 43.1 Å². The van der Waals surface area contributed by atoms with Crippen LogP contribution in [0, 0.1) is 0 Å². The van der Waals surface area contributed by atoms with Gasteiger partial charge in [-0.25, -0.2) is 4.79 Å². The number of amides is 3. The lowest BCUT2D eigenvalue weighted by Gasteiger charge is -2.37. The summed E-state index contributed by atoms with van der Waals surface area (Å²) in [6.45, 7) is 0.109. The number of carbonyl (C=O) groups is 2. The van der Waals surface area contributed by atoms with Crippen LogP contribution in [0.4, 0.5) is 16.2 Å². The van der Waals surface area contributed by atoms with Crippen molar-refractivity contribution in [2.45, 2.75) is 43.6 Å². The van der Waals surface area contributed by atoms with Gasteiger partial charge >= 0.3 is 6.03 Å². The van der Waals surface area contributed by atoms with Crippen molar-refractivity contribution in [2.24, 2.45) is 0 Å². The van der Waals surface area contributed by atoms with Crippen LogP contribution >= 0.6 is 0 Å². The van der Waals surface area contributed by atoms with Crippen molar-refractivity contribution in [3.8, 4) is 11.5 Å². The van der Waals surface area contributed by atoms with Crippen LogP contribution in [0.3, 0.4) is 0 Å². The van der Waals surface area contributed by atoms with E-state index in [1.807, 2.05) is 24.3 Å². The molecular formula is C28H30N4O6. The number of hydrogen-bond donors (Lipinski definition) is 4. The standard InChI is InChI=1S/C28H30N4O6/c1-36-20-8-5-17(6-9-20)31-28(35)32-18-7-10-24-22(12-18)23-13-21(37-25(16-33)27(23)38-24)14-26(34)30-15-19-4-2-3-11-29-19/h2-12,21,23,25,27,33H,13-16H2,1H3,(H,30,34)(H2,31,32,35)/t21-,23+,25+,27-/m1/s1. The van der Waals surface area contributed by atoms with E-state index in [1.165, 1.54) is 0 Å². The number of nitrogens with one attached hydrogen (secondary N) is 3. The summed E-state index contributed by atoms with van der Waals surface area (Å²) in [4.78, 5) is 29.4. The third-order valence-corrected chi connectivity index (χ3v) is 6.71. The number of anilines is 2. The Kier molecular flexibility index (Phi) is 7.71. The molecule has 0 unspecified atom stereocenters. The second-order valence-corrected chi connectivity index (χ2v) is 9.27. The second-order valence-electron chi connectivity index (χ2n) is 9.27. The van der Waals surface area contributed by atoms with Crippen LogP contribution in [-0.4, -0.2) is 54.1 Å². The molecule has 1 fully saturated rings. The number of aromatic nitrogens is 1. The van der Waals surface area contributed by atoms with Crippen molar-refractivity contribution >= 4 is 23.3 Å². The molecule has 10 heteroatoms. The molecule has 0 radical (unpaired) electrons. The number of urea groups is 1. The predicted molar refractivity (Wildman–Crippen MR) is 140 cm³/mol. The summed E-state index contributed by atoms with van der Waals surface area (Å²) < 4.78 is 17.3. The van der Waals surface area contributed by atoms with Crippen LogP contribution in [0.5, 0.6) is 11.5 Å². The maximum absolute atomic E-state index is 12.6. The Morgan fingerprint density at radius 2 is 1.87 bits per heavy atom. The number of rotatable bonds is 8. The van der Waals surface area contributed by atoms with Gasteiger partial charge in [0.05, 0.1) is 38.5 Å².